The van der Waals surface area contributed by atoms with Gasteiger partial charge in [-0.05, 0) is 99.5 Å². The molecule has 0 unspecified atom stereocenters. The van der Waals surface area contributed by atoms with Crippen LogP contribution in [0, 0.1) is 35.0 Å². The molecule has 6 aliphatic rings. The van der Waals surface area contributed by atoms with Crippen LogP contribution < -0.4 is 0 Å². The van der Waals surface area contributed by atoms with E-state index in [1.807, 2.05) is 0 Å². The highest BCUT2D eigenvalue weighted by Crippen LogP contribution is 2.65. The van der Waals surface area contributed by atoms with Crippen molar-refractivity contribution in [1.82, 2.24) is 4.90 Å². The van der Waals surface area contributed by atoms with Crippen molar-refractivity contribution in [2.75, 3.05) is 13.1 Å². The zero-order valence-electron chi connectivity index (χ0n) is 21.1. The van der Waals surface area contributed by atoms with E-state index in [1.54, 1.807) is 16.7 Å². The Labute approximate surface area is 195 Å². The number of rotatable bonds is 1. The number of likely N-dealkylation sites (N-methyl/N-ethyl adjacent to an activating group) is 1. The molecule has 2 saturated carbocycles. The number of aliphatic hydroxyl groups excluding tert-OH is 1. The van der Waals surface area contributed by atoms with E-state index >= 15 is 0 Å². The van der Waals surface area contributed by atoms with Gasteiger partial charge in [-0.1, -0.05) is 44.9 Å². The highest BCUT2D eigenvalue weighted by atomic mass is 16.5. The van der Waals surface area contributed by atoms with Gasteiger partial charge in [0, 0.05) is 18.5 Å². The summed E-state index contributed by atoms with van der Waals surface area (Å²) < 4.78 is 7.18. The van der Waals surface area contributed by atoms with Crippen LogP contribution in [0.15, 0.2) is 22.8 Å². The smallest absolute Gasteiger partial charge is 0.0937 e. The third-order valence-electron chi connectivity index (χ3n) is 11.5. The Balaban J connectivity index is 1.34. The largest absolute Gasteiger partial charge is 0.393 e. The second kappa shape index (κ2) is 7.43. The predicted octanol–water partition coefficient (Wildman–Crippen LogP) is 5.73. The van der Waals surface area contributed by atoms with E-state index in [0.29, 0.717) is 23.5 Å². The minimum atomic E-state index is -0.112. The topological polar surface area (TPSA) is 32.7 Å². The lowest BCUT2D eigenvalue weighted by molar-refractivity contribution is -0.0644. The Kier molecular flexibility index (Phi) is 5.07. The third-order valence-corrected chi connectivity index (χ3v) is 11.5. The van der Waals surface area contributed by atoms with E-state index in [-0.39, 0.29) is 11.7 Å². The van der Waals surface area contributed by atoms with Crippen LogP contribution in [0.2, 0.25) is 0 Å². The number of nitrogens with zero attached hydrogens (tertiary/aromatic N) is 1. The van der Waals surface area contributed by atoms with Gasteiger partial charge in [0.15, 0.2) is 0 Å². The maximum absolute atomic E-state index is 10.3. The molecule has 4 aliphatic carbocycles. The molecule has 0 amide bonds. The number of ether oxygens (including phenoxy) is 1. The van der Waals surface area contributed by atoms with Gasteiger partial charge in [-0.3, -0.25) is 4.90 Å². The fourth-order valence-corrected chi connectivity index (χ4v) is 9.82. The lowest BCUT2D eigenvalue weighted by Crippen LogP contribution is -2.52. The zero-order valence-corrected chi connectivity index (χ0v) is 21.1. The molecule has 0 aromatic carbocycles. The Morgan fingerprint density at radius 1 is 1.19 bits per heavy atom. The van der Waals surface area contributed by atoms with Gasteiger partial charge in [0.25, 0.3) is 0 Å². The van der Waals surface area contributed by atoms with Crippen LogP contribution in [0.3, 0.4) is 0 Å². The quantitative estimate of drug-likeness (QED) is 0.529. The first-order valence-electron chi connectivity index (χ1n) is 13.8. The van der Waals surface area contributed by atoms with Crippen LogP contribution in [-0.4, -0.2) is 46.9 Å². The van der Waals surface area contributed by atoms with Crippen LogP contribution in [0.25, 0.3) is 0 Å². The van der Waals surface area contributed by atoms with E-state index in [4.69, 9.17) is 4.74 Å². The van der Waals surface area contributed by atoms with Gasteiger partial charge in [0.05, 0.1) is 17.8 Å². The van der Waals surface area contributed by atoms with Crippen LogP contribution in [0.4, 0.5) is 0 Å². The monoisotopic (exact) mass is 439 g/mol. The molecule has 1 spiro atoms. The molecular formula is C29H45NO2. The Hall–Kier alpha value is -0.640. The minimum Gasteiger partial charge on any atom is -0.393 e. The first kappa shape index (κ1) is 21.9. The molecule has 0 radical (unpaired) electrons. The van der Waals surface area contributed by atoms with Crippen molar-refractivity contribution in [2.24, 2.45) is 35.0 Å². The molecule has 6 rings (SSSR count). The molecular weight excluding hydrogens is 394 g/mol. The van der Waals surface area contributed by atoms with E-state index in [1.165, 1.54) is 45.1 Å². The van der Waals surface area contributed by atoms with E-state index in [9.17, 15) is 5.11 Å². The van der Waals surface area contributed by atoms with Gasteiger partial charge in [-0.15, -0.1) is 0 Å². The molecule has 10 atom stereocenters. The number of hydrogen-bond donors (Lipinski definition) is 1. The Morgan fingerprint density at radius 2 is 2.00 bits per heavy atom. The SMILES string of the molecule is CCN1C[C@@H](C)C[C@H]2O[C@]3(CC[C@@H]4C(=C3C)C[C@H]3[C@H]4CC=C4C[C@@H](O)CC[C@@]43C)[C@H](C)[C@@H]21. The summed E-state index contributed by atoms with van der Waals surface area (Å²) in [7, 11) is 0. The van der Waals surface area contributed by atoms with Gasteiger partial charge in [-0.2, -0.15) is 0 Å². The number of fused-ring (bicyclic) bond motifs is 6. The second-order valence-electron chi connectivity index (χ2n) is 12.8. The Bertz CT molecular complexity index is 846. The summed E-state index contributed by atoms with van der Waals surface area (Å²) in [6, 6.07) is 0.595. The highest BCUT2D eigenvalue weighted by molar-refractivity contribution is 5.38. The lowest BCUT2D eigenvalue weighted by Gasteiger charge is -2.49. The number of allylic oxidation sites excluding steroid dienone is 2. The molecule has 1 N–H and O–H groups in total. The molecule has 32 heavy (non-hydrogen) atoms. The summed E-state index contributed by atoms with van der Waals surface area (Å²) in [6.45, 7) is 14.7. The number of aliphatic hydroxyl groups is 1. The summed E-state index contributed by atoms with van der Waals surface area (Å²) >= 11 is 0. The number of likely N-dealkylation sites (tertiary alicyclic amines) is 1. The van der Waals surface area contributed by atoms with E-state index < -0.39 is 0 Å². The van der Waals surface area contributed by atoms with E-state index in [2.05, 4.69) is 45.6 Å². The van der Waals surface area contributed by atoms with Crippen molar-refractivity contribution in [2.45, 2.75) is 110 Å². The maximum atomic E-state index is 10.3. The first-order chi connectivity index (χ1) is 15.3. The number of hydrogen-bond acceptors (Lipinski definition) is 3. The average Bonchev–Trinajstić information content (AvgIpc) is 3.28. The van der Waals surface area contributed by atoms with Crippen molar-refractivity contribution in [1.29, 1.82) is 0 Å². The second-order valence-corrected chi connectivity index (χ2v) is 12.8. The summed E-state index contributed by atoms with van der Waals surface area (Å²) in [5.74, 6) is 3.68. The van der Waals surface area contributed by atoms with Gasteiger partial charge in [0.2, 0.25) is 0 Å². The van der Waals surface area contributed by atoms with Crippen molar-refractivity contribution < 1.29 is 9.84 Å². The van der Waals surface area contributed by atoms with Crippen LogP contribution in [0.1, 0.15) is 86.0 Å². The van der Waals surface area contributed by atoms with E-state index in [0.717, 1.165) is 43.1 Å². The zero-order chi connectivity index (χ0) is 22.4. The van der Waals surface area contributed by atoms with Crippen LogP contribution in [0.5, 0.6) is 0 Å². The van der Waals surface area contributed by atoms with Crippen molar-refractivity contribution >= 4 is 0 Å². The molecule has 178 valence electrons. The fourth-order valence-electron chi connectivity index (χ4n) is 9.82. The highest BCUT2D eigenvalue weighted by Gasteiger charge is 2.61. The normalized spacial score (nSPS) is 53.0. The maximum Gasteiger partial charge on any atom is 0.0937 e. The minimum absolute atomic E-state index is 0.0218. The summed E-state index contributed by atoms with van der Waals surface area (Å²) in [5.41, 5.74) is 5.29. The molecule has 2 aliphatic heterocycles. The summed E-state index contributed by atoms with van der Waals surface area (Å²) in [4.78, 5) is 2.74. The van der Waals surface area contributed by atoms with Crippen molar-refractivity contribution in [3.05, 3.63) is 22.8 Å². The van der Waals surface area contributed by atoms with Crippen LogP contribution >= 0.6 is 0 Å². The summed E-state index contributed by atoms with van der Waals surface area (Å²) in [6.07, 6.45) is 12.2. The fraction of sp³-hybridized carbons (Fsp3) is 0.862. The number of piperidine rings is 1. The average molecular weight is 440 g/mol. The van der Waals surface area contributed by atoms with Crippen molar-refractivity contribution in [3.63, 3.8) is 0 Å². The van der Waals surface area contributed by atoms with Crippen LogP contribution in [-0.2, 0) is 4.74 Å². The molecule has 3 heteroatoms. The molecule has 0 aromatic heterocycles. The third kappa shape index (κ3) is 2.83. The Morgan fingerprint density at radius 3 is 2.78 bits per heavy atom. The molecule has 3 nitrogen and oxygen atoms in total. The van der Waals surface area contributed by atoms with Gasteiger partial charge < -0.3 is 9.84 Å². The molecule has 0 aromatic rings. The standard InChI is InChI=1S/C29H45NO2/c1-6-30-16-17(2)13-26-27(30)19(4)29(32-26)12-10-22-23-8-7-20-14-21(31)9-11-28(20,5)25(23)15-24(22)18(29)3/h7,17,19,21-23,25-27,31H,6,8-16H2,1-5H3/t17-,19+,21-,22-,23-,25-,26+,27-,28-,29-/m0/s1. The molecule has 2 heterocycles. The summed E-state index contributed by atoms with van der Waals surface area (Å²) in [5, 5.41) is 10.3. The van der Waals surface area contributed by atoms with Gasteiger partial charge >= 0.3 is 0 Å². The first-order valence-corrected chi connectivity index (χ1v) is 13.8. The molecule has 4 fully saturated rings. The molecule has 0 bridgehead atoms. The van der Waals surface area contributed by atoms with Crippen molar-refractivity contribution in [3.8, 4) is 0 Å². The van der Waals surface area contributed by atoms with Gasteiger partial charge in [0.1, 0.15) is 0 Å². The van der Waals surface area contributed by atoms with Gasteiger partial charge in [-0.25, -0.2) is 0 Å². The predicted molar refractivity (Wildman–Crippen MR) is 129 cm³/mol. The molecule has 2 saturated heterocycles. The lowest BCUT2D eigenvalue weighted by atomic mass is 9.56.